The van der Waals surface area contributed by atoms with Crippen molar-refractivity contribution in [2.24, 2.45) is 4.99 Å². The average molecular weight is 317 g/mol. The van der Waals surface area contributed by atoms with Crippen LogP contribution in [-0.4, -0.2) is 32.1 Å². The van der Waals surface area contributed by atoms with Crippen molar-refractivity contribution in [1.29, 1.82) is 0 Å². The zero-order valence-electron chi connectivity index (χ0n) is 13.6. The molecule has 0 aliphatic rings. The van der Waals surface area contributed by atoms with E-state index < -0.39 is 0 Å². The molecule has 5 nitrogen and oxygen atoms in total. The van der Waals surface area contributed by atoms with Crippen LogP contribution in [0, 0.1) is 6.92 Å². The number of guanidine groups is 1. The van der Waals surface area contributed by atoms with Crippen LogP contribution in [0.2, 0.25) is 0 Å². The van der Waals surface area contributed by atoms with Gasteiger partial charge in [-0.1, -0.05) is 6.07 Å². The number of hydrogen-bond acceptors (Lipinski definition) is 4. The molecule has 0 aliphatic heterocycles. The smallest absolute Gasteiger partial charge is 0.191 e. The molecule has 118 valence electrons. The molecule has 0 saturated heterocycles. The predicted octanol–water partition coefficient (Wildman–Crippen LogP) is 2.38. The maximum Gasteiger partial charge on any atom is 0.191 e. The molecule has 0 spiro atoms. The second-order valence-electron chi connectivity index (χ2n) is 5.17. The van der Waals surface area contributed by atoms with Crippen molar-refractivity contribution in [2.45, 2.75) is 20.0 Å². The van der Waals surface area contributed by atoms with Crippen molar-refractivity contribution < 1.29 is 0 Å². The highest BCUT2D eigenvalue weighted by molar-refractivity contribution is 7.11. The average Bonchev–Trinajstić information content (AvgIpc) is 2.93. The Balaban J connectivity index is 1.91. The van der Waals surface area contributed by atoms with Gasteiger partial charge < -0.3 is 15.5 Å². The Bertz CT molecular complexity index is 633. The molecule has 0 bridgehead atoms. The molecule has 0 atom stereocenters. The van der Waals surface area contributed by atoms with E-state index in [0.29, 0.717) is 6.54 Å². The van der Waals surface area contributed by atoms with E-state index in [1.807, 2.05) is 31.3 Å². The lowest BCUT2D eigenvalue weighted by Crippen LogP contribution is -2.36. The first-order valence-electron chi connectivity index (χ1n) is 7.21. The van der Waals surface area contributed by atoms with Gasteiger partial charge in [-0.05, 0) is 25.1 Å². The van der Waals surface area contributed by atoms with E-state index in [0.717, 1.165) is 23.9 Å². The largest absolute Gasteiger partial charge is 0.362 e. The molecule has 2 aromatic heterocycles. The maximum absolute atomic E-state index is 4.41. The van der Waals surface area contributed by atoms with E-state index in [1.165, 1.54) is 9.75 Å². The fraction of sp³-hybridized carbons (Fsp3) is 0.375. The standard InChI is InChI=1S/C16H23N5S/c1-12-7-8-14(22-12)11-20-16(17-2)19-10-13-6-5-9-18-15(13)21(3)4/h5-9H,10-11H2,1-4H3,(H2,17,19,20). The van der Waals surface area contributed by atoms with Crippen molar-refractivity contribution in [1.82, 2.24) is 15.6 Å². The summed E-state index contributed by atoms with van der Waals surface area (Å²) >= 11 is 1.80. The summed E-state index contributed by atoms with van der Waals surface area (Å²) in [6, 6.07) is 8.31. The fourth-order valence-electron chi connectivity index (χ4n) is 2.12. The van der Waals surface area contributed by atoms with Crippen LogP contribution >= 0.6 is 11.3 Å². The summed E-state index contributed by atoms with van der Waals surface area (Å²) in [5.41, 5.74) is 1.14. The van der Waals surface area contributed by atoms with Gasteiger partial charge in [0.2, 0.25) is 0 Å². The molecule has 22 heavy (non-hydrogen) atoms. The number of thiophene rings is 1. The van der Waals surface area contributed by atoms with Crippen molar-refractivity contribution >= 4 is 23.1 Å². The van der Waals surface area contributed by atoms with Gasteiger partial charge in [0.1, 0.15) is 5.82 Å². The van der Waals surface area contributed by atoms with Crippen LogP contribution in [0.5, 0.6) is 0 Å². The number of nitrogens with zero attached hydrogens (tertiary/aromatic N) is 3. The summed E-state index contributed by atoms with van der Waals surface area (Å²) in [7, 11) is 5.78. The highest BCUT2D eigenvalue weighted by atomic mass is 32.1. The highest BCUT2D eigenvalue weighted by Crippen LogP contribution is 2.15. The number of aryl methyl sites for hydroxylation is 1. The summed E-state index contributed by atoms with van der Waals surface area (Å²) in [5, 5.41) is 6.67. The Morgan fingerprint density at radius 3 is 2.64 bits per heavy atom. The number of anilines is 1. The number of pyridine rings is 1. The summed E-state index contributed by atoms with van der Waals surface area (Å²) in [6.07, 6.45) is 1.81. The van der Waals surface area contributed by atoms with Crippen LogP contribution in [-0.2, 0) is 13.1 Å². The molecule has 0 amide bonds. The molecule has 6 heteroatoms. The lowest BCUT2D eigenvalue weighted by Gasteiger charge is -2.17. The van der Waals surface area contributed by atoms with Gasteiger partial charge in [-0.2, -0.15) is 0 Å². The molecule has 0 radical (unpaired) electrons. The second-order valence-corrected chi connectivity index (χ2v) is 6.54. The van der Waals surface area contributed by atoms with Crippen molar-refractivity contribution in [2.75, 3.05) is 26.0 Å². The van der Waals surface area contributed by atoms with Crippen LogP contribution in [0.25, 0.3) is 0 Å². The molecule has 0 fully saturated rings. The van der Waals surface area contributed by atoms with Crippen LogP contribution in [0.1, 0.15) is 15.3 Å². The van der Waals surface area contributed by atoms with E-state index in [4.69, 9.17) is 0 Å². The Labute approximate surface area is 136 Å². The second kappa shape index (κ2) is 7.79. The van der Waals surface area contributed by atoms with Gasteiger partial charge in [0.05, 0.1) is 6.54 Å². The number of aromatic nitrogens is 1. The molecule has 0 aromatic carbocycles. The highest BCUT2D eigenvalue weighted by Gasteiger charge is 2.06. The first kappa shape index (κ1) is 16.3. The summed E-state index contributed by atoms with van der Waals surface area (Å²) in [6.45, 7) is 3.59. The van der Waals surface area contributed by atoms with Crippen molar-refractivity contribution in [3.63, 3.8) is 0 Å². The summed E-state index contributed by atoms with van der Waals surface area (Å²) < 4.78 is 0. The third-order valence-electron chi connectivity index (χ3n) is 3.19. The van der Waals surface area contributed by atoms with E-state index in [-0.39, 0.29) is 0 Å². The summed E-state index contributed by atoms with van der Waals surface area (Å²) in [5.74, 6) is 1.76. The van der Waals surface area contributed by atoms with Gasteiger partial charge in [-0.3, -0.25) is 4.99 Å². The molecule has 2 rings (SSSR count). The Kier molecular flexibility index (Phi) is 5.77. The Morgan fingerprint density at radius 2 is 2.00 bits per heavy atom. The maximum atomic E-state index is 4.41. The van der Waals surface area contributed by atoms with Gasteiger partial charge in [0.25, 0.3) is 0 Å². The first-order chi connectivity index (χ1) is 10.6. The SMILES string of the molecule is CN=C(NCc1ccc(C)s1)NCc1cccnc1N(C)C. The van der Waals surface area contributed by atoms with Gasteiger partial charge in [0, 0.05) is 49.2 Å². The van der Waals surface area contributed by atoms with E-state index in [9.17, 15) is 0 Å². The minimum absolute atomic E-state index is 0.685. The van der Waals surface area contributed by atoms with Crippen LogP contribution in [0.3, 0.4) is 0 Å². The van der Waals surface area contributed by atoms with Gasteiger partial charge in [0.15, 0.2) is 5.96 Å². The number of hydrogen-bond donors (Lipinski definition) is 2. The van der Waals surface area contributed by atoms with Gasteiger partial charge in [-0.15, -0.1) is 11.3 Å². The first-order valence-corrected chi connectivity index (χ1v) is 8.03. The van der Waals surface area contributed by atoms with E-state index >= 15 is 0 Å². The lowest BCUT2D eigenvalue weighted by molar-refractivity contribution is 0.810. The Morgan fingerprint density at radius 1 is 1.23 bits per heavy atom. The van der Waals surface area contributed by atoms with Crippen molar-refractivity contribution in [3.8, 4) is 0 Å². The minimum Gasteiger partial charge on any atom is -0.362 e. The molecular weight excluding hydrogens is 294 g/mol. The van der Waals surface area contributed by atoms with Gasteiger partial charge >= 0.3 is 0 Å². The molecule has 0 saturated carbocycles. The predicted molar refractivity (Wildman–Crippen MR) is 94.7 cm³/mol. The molecule has 2 aromatic rings. The monoisotopic (exact) mass is 317 g/mol. The van der Waals surface area contributed by atoms with E-state index in [2.05, 4.69) is 45.7 Å². The number of aliphatic imine (C=N–C) groups is 1. The zero-order chi connectivity index (χ0) is 15.9. The number of nitrogens with one attached hydrogen (secondary N) is 2. The normalized spacial score (nSPS) is 11.4. The van der Waals surface area contributed by atoms with Gasteiger partial charge in [-0.25, -0.2) is 4.98 Å². The lowest BCUT2D eigenvalue weighted by atomic mass is 10.2. The van der Waals surface area contributed by atoms with Crippen LogP contribution in [0.4, 0.5) is 5.82 Å². The van der Waals surface area contributed by atoms with Crippen LogP contribution < -0.4 is 15.5 Å². The van der Waals surface area contributed by atoms with Crippen molar-refractivity contribution in [3.05, 3.63) is 45.8 Å². The van der Waals surface area contributed by atoms with E-state index in [1.54, 1.807) is 18.4 Å². The summed E-state index contributed by atoms with van der Waals surface area (Å²) in [4.78, 5) is 13.3. The molecule has 2 N–H and O–H groups in total. The topological polar surface area (TPSA) is 52.6 Å². The quantitative estimate of drug-likeness (QED) is 0.657. The molecule has 0 aliphatic carbocycles. The minimum atomic E-state index is 0.685. The third kappa shape index (κ3) is 4.46. The molecule has 2 heterocycles. The molecular formula is C16H23N5S. The molecule has 0 unspecified atom stereocenters. The zero-order valence-corrected chi connectivity index (χ0v) is 14.4. The fourth-order valence-corrected chi connectivity index (χ4v) is 2.95. The van der Waals surface area contributed by atoms with Crippen LogP contribution in [0.15, 0.2) is 35.5 Å². The third-order valence-corrected chi connectivity index (χ3v) is 4.19. The number of rotatable bonds is 5. The Hall–Kier alpha value is -2.08.